The Hall–Kier alpha value is -2.85. The van der Waals surface area contributed by atoms with Gasteiger partial charge in [0.2, 0.25) is 0 Å². The SMILES string of the molecule is COc1ccc(C2CC(c3ccc(F)cc3)=NN2c2ccccc2Cl)cc1. The zero-order chi connectivity index (χ0) is 18.8. The van der Waals surface area contributed by atoms with Crippen LogP contribution in [0.3, 0.4) is 0 Å². The van der Waals surface area contributed by atoms with Crippen molar-refractivity contribution < 1.29 is 9.13 Å². The van der Waals surface area contributed by atoms with E-state index in [1.807, 2.05) is 53.5 Å². The van der Waals surface area contributed by atoms with Crippen LogP contribution in [0.2, 0.25) is 5.02 Å². The van der Waals surface area contributed by atoms with Gasteiger partial charge in [0.25, 0.3) is 0 Å². The highest BCUT2D eigenvalue weighted by atomic mass is 35.5. The van der Waals surface area contributed by atoms with Gasteiger partial charge in [0, 0.05) is 6.42 Å². The van der Waals surface area contributed by atoms with E-state index in [1.165, 1.54) is 12.1 Å². The van der Waals surface area contributed by atoms with Crippen molar-refractivity contribution in [3.63, 3.8) is 0 Å². The van der Waals surface area contributed by atoms with Gasteiger partial charge in [-0.05, 0) is 47.5 Å². The lowest BCUT2D eigenvalue weighted by molar-refractivity contribution is 0.414. The maximum atomic E-state index is 13.3. The number of para-hydroxylation sites is 1. The van der Waals surface area contributed by atoms with Gasteiger partial charge >= 0.3 is 0 Å². The summed E-state index contributed by atoms with van der Waals surface area (Å²) < 4.78 is 18.6. The van der Waals surface area contributed by atoms with E-state index in [1.54, 1.807) is 19.2 Å². The molecule has 1 atom stereocenters. The van der Waals surface area contributed by atoms with Crippen LogP contribution in [-0.4, -0.2) is 12.8 Å². The Morgan fingerprint density at radius 2 is 1.70 bits per heavy atom. The van der Waals surface area contributed by atoms with Gasteiger partial charge in [0.15, 0.2) is 0 Å². The molecule has 0 spiro atoms. The van der Waals surface area contributed by atoms with Crippen molar-refractivity contribution in [2.75, 3.05) is 12.1 Å². The number of benzene rings is 3. The number of methoxy groups -OCH3 is 1. The predicted octanol–water partition coefficient (Wildman–Crippen LogP) is 5.84. The van der Waals surface area contributed by atoms with Crippen molar-refractivity contribution in [1.29, 1.82) is 0 Å². The molecule has 1 heterocycles. The van der Waals surface area contributed by atoms with Crippen molar-refractivity contribution in [3.05, 3.63) is 94.8 Å². The lowest BCUT2D eigenvalue weighted by atomic mass is 9.98. The minimum atomic E-state index is -0.257. The number of ether oxygens (including phenoxy) is 1. The third-order valence-corrected chi connectivity index (χ3v) is 5.01. The molecule has 0 N–H and O–H groups in total. The van der Waals surface area contributed by atoms with Crippen molar-refractivity contribution in [3.8, 4) is 5.75 Å². The summed E-state index contributed by atoms with van der Waals surface area (Å²) in [5.41, 5.74) is 3.76. The Bertz CT molecular complexity index is 970. The molecule has 0 amide bonds. The second kappa shape index (κ2) is 7.41. The number of hydrogen-bond donors (Lipinski definition) is 0. The summed E-state index contributed by atoms with van der Waals surface area (Å²) >= 11 is 6.44. The fourth-order valence-corrected chi connectivity index (χ4v) is 3.49. The van der Waals surface area contributed by atoms with E-state index in [0.29, 0.717) is 11.4 Å². The predicted molar refractivity (Wildman–Crippen MR) is 107 cm³/mol. The average molecular weight is 381 g/mol. The van der Waals surface area contributed by atoms with Gasteiger partial charge in [0.05, 0.1) is 29.6 Å². The molecule has 3 aromatic rings. The number of nitrogens with zero attached hydrogens (tertiary/aromatic N) is 2. The molecule has 1 aliphatic rings. The highest BCUT2D eigenvalue weighted by Crippen LogP contribution is 2.39. The van der Waals surface area contributed by atoms with Crippen LogP contribution >= 0.6 is 11.6 Å². The molecule has 0 bridgehead atoms. The highest BCUT2D eigenvalue weighted by molar-refractivity contribution is 6.33. The van der Waals surface area contributed by atoms with Crippen molar-refractivity contribution in [1.82, 2.24) is 0 Å². The average Bonchev–Trinajstić information content (AvgIpc) is 3.14. The van der Waals surface area contributed by atoms with Crippen LogP contribution in [0.15, 0.2) is 77.9 Å². The van der Waals surface area contributed by atoms with E-state index in [2.05, 4.69) is 0 Å². The molecular formula is C22H18ClFN2O. The molecule has 0 saturated heterocycles. The van der Waals surface area contributed by atoms with Crippen LogP contribution in [0.5, 0.6) is 5.75 Å². The molecule has 0 radical (unpaired) electrons. The Morgan fingerprint density at radius 1 is 1.00 bits per heavy atom. The van der Waals surface area contributed by atoms with E-state index in [0.717, 1.165) is 28.3 Å². The molecule has 4 rings (SSSR count). The van der Waals surface area contributed by atoms with Gasteiger partial charge in [-0.2, -0.15) is 5.10 Å². The van der Waals surface area contributed by atoms with Crippen molar-refractivity contribution in [2.45, 2.75) is 12.5 Å². The van der Waals surface area contributed by atoms with Crippen LogP contribution in [-0.2, 0) is 0 Å². The van der Waals surface area contributed by atoms with Crippen molar-refractivity contribution >= 4 is 23.0 Å². The first-order chi connectivity index (χ1) is 13.2. The molecular weight excluding hydrogens is 363 g/mol. The van der Waals surface area contributed by atoms with E-state index in [4.69, 9.17) is 21.4 Å². The first-order valence-corrected chi connectivity index (χ1v) is 9.04. The molecule has 136 valence electrons. The summed E-state index contributed by atoms with van der Waals surface area (Å²) in [6, 6.07) is 22.0. The quantitative estimate of drug-likeness (QED) is 0.567. The number of hydrazone groups is 1. The first kappa shape index (κ1) is 17.6. The summed E-state index contributed by atoms with van der Waals surface area (Å²) in [5.74, 6) is 0.549. The summed E-state index contributed by atoms with van der Waals surface area (Å²) in [5, 5.41) is 7.42. The Balaban J connectivity index is 1.75. The molecule has 3 aromatic carbocycles. The van der Waals surface area contributed by atoms with Crippen LogP contribution in [0.1, 0.15) is 23.6 Å². The molecule has 0 aliphatic carbocycles. The zero-order valence-corrected chi connectivity index (χ0v) is 15.5. The minimum absolute atomic E-state index is 0.00383. The Morgan fingerprint density at radius 3 is 2.37 bits per heavy atom. The smallest absolute Gasteiger partial charge is 0.123 e. The monoisotopic (exact) mass is 380 g/mol. The van der Waals surface area contributed by atoms with Gasteiger partial charge in [-0.15, -0.1) is 0 Å². The standard InChI is InChI=1S/C22H18ClFN2O/c1-27-18-12-8-16(9-13-18)22-14-20(15-6-10-17(24)11-7-15)25-26(22)21-5-3-2-4-19(21)23/h2-13,22H,14H2,1H3. The lowest BCUT2D eigenvalue weighted by Gasteiger charge is -2.25. The summed E-state index contributed by atoms with van der Waals surface area (Å²) in [4.78, 5) is 0. The molecule has 1 unspecified atom stereocenters. The number of hydrogen-bond acceptors (Lipinski definition) is 3. The van der Waals surface area contributed by atoms with Gasteiger partial charge < -0.3 is 4.74 Å². The molecule has 3 nitrogen and oxygen atoms in total. The van der Waals surface area contributed by atoms with Gasteiger partial charge in [-0.25, -0.2) is 4.39 Å². The third-order valence-electron chi connectivity index (χ3n) is 4.69. The van der Waals surface area contributed by atoms with Gasteiger partial charge in [-0.1, -0.05) is 48.0 Å². The summed E-state index contributed by atoms with van der Waals surface area (Å²) in [6.45, 7) is 0. The zero-order valence-electron chi connectivity index (χ0n) is 14.8. The lowest BCUT2D eigenvalue weighted by Crippen LogP contribution is -2.18. The van der Waals surface area contributed by atoms with E-state index in [9.17, 15) is 4.39 Å². The molecule has 0 saturated carbocycles. The topological polar surface area (TPSA) is 24.8 Å². The van der Waals surface area contributed by atoms with Crippen molar-refractivity contribution in [2.24, 2.45) is 5.10 Å². The Labute approximate surface area is 162 Å². The number of anilines is 1. The third kappa shape index (κ3) is 3.53. The van der Waals surface area contributed by atoms with Gasteiger partial charge in [0.1, 0.15) is 11.6 Å². The molecule has 5 heteroatoms. The number of halogens is 2. The second-order valence-corrected chi connectivity index (χ2v) is 6.75. The van der Waals surface area contributed by atoms with Crippen LogP contribution in [0.4, 0.5) is 10.1 Å². The highest BCUT2D eigenvalue weighted by Gasteiger charge is 2.31. The fraction of sp³-hybridized carbons (Fsp3) is 0.136. The van der Waals surface area contributed by atoms with Crippen LogP contribution in [0.25, 0.3) is 0 Å². The number of rotatable bonds is 4. The molecule has 27 heavy (non-hydrogen) atoms. The van der Waals surface area contributed by atoms with E-state index >= 15 is 0 Å². The van der Waals surface area contributed by atoms with Crippen LogP contribution < -0.4 is 9.75 Å². The Kier molecular flexibility index (Phi) is 4.82. The van der Waals surface area contributed by atoms with E-state index in [-0.39, 0.29) is 11.9 Å². The minimum Gasteiger partial charge on any atom is -0.497 e. The van der Waals surface area contributed by atoms with Gasteiger partial charge in [-0.3, -0.25) is 5.01 Å². The van der Waals surface area contributed by atoms with Crippen LogP contribution in [0, 0.1) is 5.82 Å². The molecule has 1 aliphatic heterocycles. The molecule has 0 aromatic heterocycles. The van der Waals surface area contributed by atoms with E-state index < -0.39 is 0 Å². The maximum Gasteiger partial charge on any atom is 0.123 e. The summed E-state index contributed by atoms with van der Waals surface area (Å²) in [7, 11) is 1.65. The normalized spacial score (nSPS) is 16.3. The largest absolute Gasteiger partial charge is 0.497 e. The second-order valence-electron chi connectivity index (χ2n) is 6.34. The fourth-order valence-electron chi connectivity index (χ4n) is 3.27. The molecule has 0 fully saturated rings. The summed E-state index contributed by atoms with van der Waals surface area (Å²) in [6.07, 6.45) is 0.698. The first-order valence-electron chi connectivity index (χ1n) is 8.67. The maximum absolute atomic E-state index is 13.3.